The molecular weight excluding hydrogens is 366 g/mol. The lowest BCUT2D eigenvalue weighted by molar-refractivity contribution is -0.123. The molecule has 5 nitrogen and oxygen atoms in total. The lowest BCUT2D eigenvalue weighted by Gasteiger charge is -2.40. The quantitative estimate of drug-likeness (QED) is 0.793. The van der Waals surface area contributed by atoms with Crippen LogP contribution in [0.5, 0.6) is 11.5 Å². The van der Waals surface area contributed by atoms with Crippen molar-refractivity contribution in [3.8, 4) is 11.5 Å². The maximum Gasteiger partial charge on any atom is 0.231 e. The summed E-state index contributed by atoms with van der Waals surface area (Å²) in [6.45, 7) is 9.37. The van der Waals surface area contributed by atoms with Gasteiger partial charge in [0.2, 0.25) is 12.7 Å². The van der Waals surface area contributed by atoms with Gasteiger partial charge in [0.1, 0.15) is 0 Å². The van der Waals surface area contributed by atoms with Crippen molar-refractivity contribution in [1.29, 1.82) is 0 Å². The van der Waals surface area contributed by atoms with Crippen LogP contribution in [0.3, 0.4) is 0 Å². The van der Waals surface area contributed by atoms with Crippen molar-refractivity contribution < 1.29 is 19.0 Å². The van der Waals surface area contributed by atoms with Gasteiger partial charge in [-0.25, -0.2) is 0 Å². The molecule has 2 heterocycles. The largest absolute Gasteiger partial charge is 0.454 e. The maximum absolute atomic E-state index is 12.8. The van der Waals surface area contributed by atoms with E-state index in [-0.39, 0.29) is 18.1 Å². The monoisotopic (exact) mass is 401 g/mol. The van der Waals surface area contributed by atoms with Crippen molar-refractivity contribution in [3.63, 3.8) is 0 Å². The van der Waals surface area contributed by atoms with Gasteiger partial charge in [-0.15, -0.1) is 0 Å². The Morgan fingerprint density at radius 3 is 2.66 bits per heavy atom. The SMILES string of the molecule is C[C@@H]1C[C@@H](CC(=O)NCC2(c3ccc4c(c3)OCO4)CCOCC2)CC(C)(C)C1. The summed E-state index contributed by atoms with van der Waals surface area (Å²) in [4.78, 5) is 12.8. The fourth-order valence-electron chi connectivity index (χ4n) is 5.86. The Balaban J connectivity index is 1.42. The zero-order valence-corrected chi connectivity index (χ0v) is 18.1. The fourth-order valence-corrected chi connectivity index (χ4v) is 5.86. The number of fused-ring (bicyclic) bond motifs is 1. The first-order valence-corrected chi connectivity index (χ1v) is 11.1. The number of rotatable bonds is 5. The molecule has 3 aliphatic rings. The molecule has 2 fully saturated rings. The number of carbonyl (C=O) groups is 1. The van der Waals surface area contributed by atoms with E-state index in [0.717, 1.165) is 50.4 Å². The topological polar surface area (TPSA) is 56.8 Å². The van der Waals surface area contributed by atoms with Crippen molar-refractivity contribution in [3.05, 3.63) is 23.8 Å². The van der Waals surface area contributed by atoms with Gasteiger partial charge in [-0.3, -0.25) is 4.79 Å². The zero-order valence-electron chi connectivity index (χ0n) is 18.1. The van der Waals surface area contributed by atoms with Gasteiger partial charge in [0, 0.05) is 31.6 Å². The van der Waals surface area contributed by atoms with Crippen LogP contribution < -0.4 is 14.8 Å². The molecular formula is C24H35NO4. The molecule has 2 aliphatic heterocycles. The first-order valence-electron chi connectivity index (χ1n) is 11.1. The van der Waals surface area contributed by atoms with Crippen LogP contribution >= 0.6 is 0 Å². The van der Waals surface area contributed by atoms with Gasteiger partial charge in [0.05, 0.1) is 0 Å². The number of hydrogen-bond acceptors (Lipinski definition) is 4. The number of amides is 1. The van der Waals surface area contributed by atoms with Crippen molar-refractivity contribution in [1.82, 2.24) is 5.32 Å². The summed E-state index contributed by atoms with van der Waals surface area (Å²) < 4.78 is 16.7. The molecule has 1 saturated carbocycles. The highest BCUT2D eigenvalue weighted by Crippen LogP contribution is 2.43. The molecule has 1 N–H and O–H groups in total. The maximum atomic E-state index is 12.8. The molecule has 1 aliphatic carbocycles. The Hall–Kier alpha value is -1.75. The summed E-state index contributed by atoms with van der Waals surface area (Å²) in [7, 11) is 0. The van der Waals surface area contributed by atoms with E-state index in [4.69, 9.17) is 14.2 Å². The second-order valence-electron chi connectivity index (χ2n) is 10.2. The highest BCUT2D eigenvalue weighted by molar-refractivity contribution is 5.76. The molecule has 4 rings (SSSR count). The van der Waals surface area contributed by atoms with E-state index in [1.807, 2.05) is 6.07 Å². The molecule has 1 aromatic rings. The highest BCUT2D eigenvalue weighted by atomic mass is 16.7. The van der Waals surface area contributed by atoms with Crippen LogP contribution in [0.15, 0.2) is 18.2 Å². The first-order chi connectivity index (χ1) is 13.9. The smallest absolute Gasteiger partial charge is 0.231 e. The predicted octanol–water partition coefficient (Wildman–Crippen LogP) is 4.43. The summed E-state index contributed by atoms with van der Waals surface area (Å²) in [6, 6.07) is 6.20. The summed E-state index contributed by atoms with van der Waals surface area (Å²) in [5.41, 5.74) is 1.45. The third kappa shape index (κ3) is 4.71. The van der Waals surface area contributed by atoms with Crippen LogP contribution in [0.1, 0.15) is 64.9 Å². The van der Waals surface area contributed by atoms with Gasteiger partial charge < -0.3 is 19.5 Å². The third-order valence-electron chi connectivity index (χ3n) is 7.01. The van der Waals surface area contributed by atoms with E-state index in [0.29, 0.717) is 30.2 Å². The molecule has 0 aromatic heterocycles. The number of hydrogen-bond donors (Lipinski definition) is 1. The van der Waals surface area contributed by atoms with E-state index < -0.39 is 0 Å². The van der Waals surface area contributed by atoms with Crippen LogP contribution in [0, 0.1) is 17.3 Å². The molecule has 0 unspecified atom stereocenters. The van der Waals surface area contributed by atoms with Gasteiger partial charge in [0.25, 0.3) is 0 Å². The molecule has 1 amide bonds. The highest BCUT2D eigenvalue weighted by Gasteiger charge is 2.37. The van der Waals surface area contributed by atoms with Gasteiger partial charge in [-0.05, 0) is 67.1 Å². The van der Waals surface area contributed by atoms with E-state index >= 15 is 0 Å². The number of benzene rings is 1. The second kappa shape index (κ2) is 8.17. The molecule has 1 saturated heterocycles. The summed E-state index contributed by atoms with van der Waals surface area (Å²) in [5, 5.41) is 3.28. The Kier molecular flexibility index (Phi) is 5.78. The molecule has 160 valence electrons. The van der Waals surface area contributed by atoms with E-state index in [2.05, 4.69) is 38.2 Å². The van der Waals surface area contributed by atoms with E-state index in [1.165, 1.54) is 12.0 Å². The molecule has 1 aromatic carbocycles. The molecule has 0 spiro atoms. The van der Waals surface area contributed by atoms with Crippen molar-refractivity contribution in [2.24, 2.45) is 17.3 Å². The van der Waals surface area contributed by atoms with Gasteiger partial charge in [-0.1, -0.05) is 26.8 Å². The average molecular weight is 402 g/mol. The average Bonchev–Trinajstić information content (AvgIpc) is 3.13. The molecule has 0 bridgehead atoms. The number of carbonyl (C=O) groups excluding carboxylic acids is 1. The minimum atomic E-state index is -0.103. The lowest BCUT2D eigenvalue weighted by atomic mass is 9.67. The van der Waals surface area contributed by atoms with Crippen molar-refractivity contribution in [2.75, 3.05) is 26.6 Å². The van der Waals surface area contributed by atoms with Gasteiger partial charge in [0.15, 0.2) is 11.5 Å². The molecule has 5 heteroatoms. The lowest BCUT2D eigenvalue weighted by Crippen LogP contribution is -2.45. The Morgan fingerprint density at radius 2 is 1.90 bits per heavy atom. The normalized spacial score (nSPS) is 27.4. The van der Waals surface area contributed by atoms with Crippen molar-refractivity contribution >= 4 is 5.91 Å². The Bertz CT molecular complexity index is 738. The first kappa shape index (κ1) is 20.5. The second-order valence-corrected chi connectivity index (χ2v) is 10.2. The zero-order chi connectivity index (χ0) is 20.5. The summed E-state index contributed by atoms with van der Waals surface area (Å²) >= 11 is 0. The van der Waals surface area contributed by atoms with Crippen LogP contribution in [-0.2, 0) is 14.9 Å². The molecule has 29 heavy (non-hydrogen) atoms. The van der Waals surface area contributed by atoms with Crippen molar-refractivity contribution in [2.45, 2.75) is 64.7 Å². The van der Waals surface area contributed by atoms with Crippen LogP contribution in [0.2, 0.25) is 0 Å². The van der Waals surface area contributed by atoms with E-state index in [1.54, 1.807) is 0 Å². The predicted molar refractivity (Wildman–Crippen MR) is 112 cm³/mol. The minimum absolute atomic E-state index is 0.103. The summed E-state index contributed by atoms with van der Waals surface area (Å²) in [6.07, 6.45) is 6.02. The molecule has 2 atom stereocenters. The number of ether oxygens (including phenoxy) is 3. The van der Waals surface area contributed by atoms with Gasteiger partial charge in [-0.2, -0.15) is 0 Å². The summed E-state index contributed by atoms with van der Waals surface area (Å²) in [5.74, 6) is 2.98. The third-order valence-corrected chi connectivity index (χ3v) is 7.01. The molecule has 0 radical (unpaired) electrons. The van der Waals surface area contributed by atoms with Gasteiger partial charge >= 0.3 is 0 Å². The van der Waals surface area contributed by atoms with E-state index in [9.17, 15) is 4.79 Å². The van der Waals surface area contributed by atoms with Crippen LogP contribution in [-0.4, -0.2) is 32.5 Å². The Morgan fingerprint density at radius 1 is 1.14 bits per heavy atom. The van der Waals surface area contributed by atoms with Crippen LogP contribution in [0.25, 0.3) is 0 Å². The fraction of sp³-hybridized carbons (Fsp3) is 0.708. The Labute approximate surface area is 174 Å². The standard InChI is InChI=1S/C24H35NO4/c1-17-10-18(14-23(2,3)13-17)11-22(26)25-15-24(6-8-27-9-7-24)19-4-5-20-21(12-19)29-16-28-20/h4-5,12,17-18H,6-11,13-16H2,1-3H3,(H,25,26)/t17-,18+/m1/s1. The minimum Gasteiger partial charge on any atom is -0.454 e. The number of nitrogens with one attached hydrogen (secondary N) is 1. The van der Waals surface area contributed by atoms with Crippen LogP contribution in [0.4, 0.5) is 0 Å².